The molecular formula is C14H25N3O3S. The zero-order valence-corrected chi connectivity index (χ0v) is 14.0. The zero-order valence-electron chi connectivity index (χ0n) is 13.1. The van der Waals surface area contributed by atoms with Gasteiger partial charge < -0.3 is 15.0 Å². The van der Waals surface area contributed by atoms with Crippen molar-refractivity contribution in [3.8, 4) is 5.75 Å². The molecule has 1 aromatic carbocycles. The molecule has 2 N–H and O–H groups in total. The summed E-state index contributed by atoms with van der Waals surface area (Å²) in [4.78, 5) is 2.19. The van der Waals surface area contributed by atoms with Crippen LogP contribution in [0, 0.1) is 0 Å². The number of rotatable bonds is 9. The lowest BCUT2D eigenvalue weighted by atomic mass is 10.2. The van der Waals surface area contributed by atoms with Crippen LogP contribution in [0.3, 0.4) is 0 Å². The topological polar surface area (TPSA) is 70.7 Å². The van der Waals surface area contributed by atoms with Gasteiger partial charge in [-0.2, -0.15) is 0 Å². The first-order valence-corrected chi connectivity index (χ1v) is 8.35. The summed E-state index contributed by atoms with van der Waals surface area (Å²) in [7, 11) is 3.68. The Morgan fingerprint density at radius 2 is 2.00 bits per heavy atom. The molecule has 0 heterocycles. The number of nitrogens with zero attached hydrogens (tertiary/aromatic N) is 1. The van der Waals surface area contributed by atoms with Crippen molar-refractivity contribution in [2.24, 2.45) is 0 Å². The second-order valence-corrected chi connectivity index (χ2v) is 6.81. The van der Waals surface area contributed by atoms with Crippen LogP contribution in [-0.4, -0.2) is 54.7 Å². The quantitative estimate of drug-likeness (QED) is 0.655. The maximum absolute atomic E-state index is 12.3. The molecule has 0 radical (unpaired) electrons. The molecule has 0 aliphatic carbocycles. The van der Waals surface area contributed by atoms with Gasteiger partial charge in [-0.1, -0.05) is 6.07 Å². The minimum atomic E-state index is -3.55. The highest BCUT2D eigenvalue weighted by atomic mass is 32.2. The average Bonchev–Trinajstić information content (AvgIpc) is 2.43. The molecule has 0 unspecified atom stereocenters. The van der Waals surface area contributed by atoms with Crippen LogP contribution in [0.1, 0.15) is 12.0 Å². The number of sulfonamides is 1. The number of benzene rings is 1. The van der Waals surface area contributed by atoms with E-state index in [2.05, 4.69) is 10.0 Å². The first kappa shape index (κ1) is 17.9. The van der Waals surface area contributed by atoms with E-state index in [0.717, 1.165) is 18.5 Å². The largest absolute Gasteiger partial charge is 0.495 e. The summed E-state index contributed by atoms with van der Waals surface area (Å²) >= 11 is 0. The van der Waals surface area contributed by atoms with E-state index in [4.69, 9.17) is 4.74 Å². The van der Waals surface area contributed by atoms with Crippen molar-refractivity contribution >= 4 is 10.0 Å². The standard InChI is InChI=1S/C14H25N3O3S/c1-15-11-12-6-7-14(13(10-12)20-4)21(18,19)16-8-5-9-17(2)3/h6-7,10,15-16H,5,8-9,11H2,1-4H3. The lowest BCUT2D eigenvalue weighted by Gasteiger charge is -2.13. The highest BCUT2D eigenvalue weighted by molar-refractivity contribution is 7.89. The lowest BCUT2D eigenvalue weighted by molar-refractivity contribution is 0.397. The van der Waals surface area contributed by atoms with Crippen molar-refractivity contribution in [1.82, 2.24) is 14.9 Å². The van der Waals surface area contributed by atoms with Gasteiger partial charge in [0, 0.05) is 13.1 Å². The summed E-state index contributed by atoms with van der Waals surface area (Å²) in [5.41, 5.74) is 0.973. The summed E-state index contributed by atoms with van der Waals surface area (Å²) < 4.78 is 32.4. The SMILES string of the molecule is CNCc1ccc(S(=O)(=O)NCCCN(C)C)c(OC)c1. The molecule has 120 valence electrons. The van der Waals surface area contributed by atoms with Crippen LogP contribution in [-0.2, 0) is 16.6 Å². The molecule has 0 aromatic heterocycles. The third kappa shape index (κ3) is 5.62. The first-order chi connectivity index (χ1) is 9.90. The van der Waals surface area contributed by atoms with Crippen LogP contribution < -0.4 is 14.8 Å². The molecule has 0 saturated heterocycles. The van der Waals surface area contributed by atoms with Crippen molar-refractivity contribution in [1.29, 1.82) is 0 Å². The average molecular weight is 315 g/mol. The lowest BCUT2D eigenvalue weighted by Crippen LogP contribution is -2.27. The van der Waals surface area contributed by atoms with Crippen LogP contribution in [0.5, 0.6) is 5.75 Å². The summed E-state index contributed by atoms with van der Waals surface area (Å²) in [6.07, 6.45) is 0.756. The third-order valence-electron chi connectivity index (χ3n) is 2.97. The van der Waals surface area contributed by atoms with Crippen molar-refractivity contribution in [2.45, 2.75) is 17.9 Å². The highest BCUT2D eigenvalue weighted by Crippen LogP contribution is 2.24. The van der Waals surface area contributed by atoms with Crippen LogP contribution in [0.15, 0.2) is 23.1 Å². The number of hydrogen-bond donors (Lipinski definition) is 2. The fraction of sp³-hybridized carbons (Fsp3) is 0.571. The van der Waals surface area contributed by atoms with Gasteiger partial charge in [0.05, 0.1) is 7.11 Å². The van der Waals surface area contributed by atoms with Crippen molar-refractivity contribution in [3.63, 3.8) is 0 Å². The van der Waals surface area contributed by atoms with E-state index in [1.165, 1.54) is 7.11 Å². The molecule has 0 aliphatic heterocycles. The summed E-state index contributed by atoms with van der Waals surface area (Å²) in [6.45, 7) is 1.90. The van der Waals surface area contributed by atoms with Gasteiger partial charge in [-0.15, -0.1) is 0 Å². The summed E-state index contributed by atoms with van der Waals surface area (Å²) in [5, 5.41) is 3.02. The maximum Gasteiger partial charge on any atom is 0.244 e. The normalized spacial score (nSPS) is 11.9. The van der Waals surface area contributed by atoms with E-state index in [1.54, 1.807) is 18.2 Å². The highest BCUT2D eigenvalue weighted by Gasteiger charge is 2.19. The van der Waals surface area contributed by atoms with Gasteiger partial charge in [-0.25, -0.2) is 13.1 Å². The summed E-state index contributed by atoms with van der Waals surface area (Å²) in [5.74, 6) is 0.364. The number of nitrogens with one attached hydrogen (secondary N) is 2. The summed E-state index contributed by atoms with van der Waals surface area (Å²) in [6, 6.07) is 5.11. The molecule has 7 heteroatoms. The van der Waals surface area contributed by atoms with Crippen LogP contribution in [0.2, 0.25) is 0 Å². The molecule has 1 aromatic rings. The predicted molar refractivity (Wildman–Crippen MR) is 84.1 cm³/mol. The van der Waals surface area contributed by atoms with E-state index < -0.39 is 10.0 Å². The minimum Gasteiger partial charge on any atom is -0.495 e. The molecule has 1 rings (SSSR count). The molecule has 0 bridgehead atoms. The second-order valence-electron chi connectivity index (χ2n) is 5.07. The van der Waals surface area contributed by atoms with Gasteiger partial charge in [0.1, 0.15) is 10.6 Å². The van der Waals surface area contributed by atoms with E-state index in [-0.39, 0.29) is 4.90 Å². The Morgan fingerprint density at radius 3 is 2.57 bits per heavy atom. The molecule has 21 heavy (non-hydrogen) atoms. The van der Waals surface area contributed by atoms with Gasteiger partial charge >= 0.3 is 0 Å². The Morgan fingerprint density at radius 1 is 1.29 bits per heavy atom. The smallest absolute Gasteiger partial charge is 0.244 e. The molecule has 0 atom stereocenters. The fourth-order valence-corrected chi connectivity index (χ4v) is 3.15. The molecular weight excluding hydrogens is 290 g/mol. The molecule has 0 spiro atoms. The van der Waals surface area contributed by atoms with Crippen LogP contribution in [0.25, 0.3) is 0 Å². The Labute approximate surface area is 127 Å². The van der Waals surface area contributed by atoms with E-state index in [1.807, 2.05) is 26.0 Å². The van der Waals surface area contributed by atoms with Gasteiger partial charge in [-0.3, -0.25) is 0 Å². The molecule has 0 fully saturated rings. The van der Waals surface area contributed by atoms with Crippen molar-refractivity contribution < 1.29 is 13.2 Å². The van der Waals surface area contributed by atoms with Gasteiger partial charge in [0.25, 0.3) is 0 Å². The molecule has 0 aliphatic rings. The van der Waals surface area contributed by atoms with Gasteiger partial charge in [0.15, 0.2) is 0 Å². The Kier molecular flexibility index (Phi) is 7.10. The van der Waals surface area contributed by atoms with Gasteiger partial charge in [0.2, 0.25) is 10.0 Å². The molecule has 0 amide bonds. The van der Waals surface area contributed by atoms with Crippen molar-refractivity contribution in [3.05, 3.63) is 23.8 Å². The maximum atomic E-state index is 12.3. The fourth-order valence-electron chi connectivity index (χ4n) is 1.93. The van der Waals surface area contributed by atoms with Crippen molar-refractivity contribution in [2.75, 3.05) is 41.3 Å². The number of ether oxygens (including phenoxy) is 1. The van der Waals surface area contributed by atoms with Gasteiger partial charge in [-0.05, 0) is 51.8 Å². The Hall–Kier alpha value is -1.15. The zero-order chi connectivity index (χ0) is 15.9. The number of hydrogen-bond acceptors (Lipinski definition) is 5. The van der Waals surface area contributed by atoms with E-state index >= 15 is 0 Å². The minimum absolute atomic E-state index is 0.176. The van der Waals surface area contributed by atoms with E-state index in [9.17, 15) is 8.42 Å². The Bertz CT molecular complexity index is 544. The van der Waals surface area contributed by atoms with Crippen LogP contribution >= 0.6 is 0 Å². The predicted octanol–water partition coefficient (Wildman–Crippen LogP) is 0.645. The van der Waals surface area contributed by atoms with E-state index in [0.29, 0.717) is 18.8 Å². The van der Waals surface area contributed by atoms with Crippen LogP contribution in [0.4, 0.5) is 0 Å². The monoisotopic (exact) mass is 315 g/mol. The third-order valence-corrected chi connectivity index (χ3v) is 4.47. The first-order valence-electron chi connectivity index (χ1n) is 6.86. The Balaban J connectivity index is 2.82. The second kappa shape index (κ2) is 8.33. The molecule has 6 nitrogen and oxygen atoms in total. The molecule has 0 saturated carbocycles. The number of methoxy groups -OCH3 is 1.